The number of carbonyl (C=O) groups excluding carboxylic acids is 1. The third kappa shape index (κ3) is 6.62. The monoisotopic (exact) mass is 357 g/mol. The summed E-state index contributed by atoms with van der Waals surface area (Å²) in [6, 6.07) is 16.7. The van der Waals surface area contributed by atoms with Crippen LogP contribution >= 0.6 is 0 Å². The van der Waals surface area contributed by atoms with Crippen molar-refractivity contribution in [3.63, 3.8) is 0 Å². The lowest BCUT2D eigenvalue weighted by Gasteiger charge is -2.10. The first-order valence-electron chi connectivity index (χ1n) is 8.91. The van der Waals surface area contributed by atoms with Crippen LogP contribution in [-0.2, 0) is 9.53 Å². The molecule has 0 saturated carbocycles. The summed E-state index contributed by atoms with van der Waals surface area (Å²) >= 11 is 0. The van der Waals surface area contributed by atoms with Crippen molar-refractivity contribution in [2.75, 3.05) is 19.8 Å². The number of ether oxygens (including phenoxy) is 2. The van der Waals surface area contributed by atoms with Crippen molar-refractivity contribution in [1.29, 1.82) is 0 Å². The number of Topliss-reactive ketones (excluding diaryl/α,β-unsaturated/α-hetero) is 1. The first kappa shape index (κ1) is 21.9. The molecule has 0 atom stereocenters. The predicted octanol–water partition coefficient (Wildman–Crippen LogP) is 5.26. The van der Waals surface area contributed by atoms with Gasteiger partial charge in [-0.2, -0.15) is 0 Å². The lowest BCUT2D eigenvalue weighted by molar-refractivity contribution is -0.126. The van der Waals surface area contributed by atoms with Crippen molar-refractivity contribution in [3.05, 3.63) is 54.1 Å². The minimum absolute atomic E-state index is 0. The predicted molar refractivity (Wildman–Crippen MR) is 107 cm³/mol. The number of hydrogen-bond acceptors (Lipinski definition) is 4. The van der Waals surface area contributed by atoms with E-state index < -0.39 is 0 Å². The first-order chi connectivity index (χ1) is 12.0. The molecule has 4 nitrogen and oxygen atoms in total. The Kier molecular flexibility index (Phi) is 9.03. The Morgan fingerprint density at radius 3 is 1.88 bits per heavy atom. The molecule has 2 aromatic rings. The second kappa shape index (κ2) is 10.7. The Morgan fingerprint density at radius 2 is 1.38 bits per heavy atom. The van der Waals surface area contributed by atoms with E-state index in [4.69, 9.17) is 9.47 Å². The van der Waals surface area contributed by atoms with Gasteiger partial charge in [-0.25, -0.2) is 0 Å². The van der Waals surface area contributed by atoms with Crippen LogP contribution in [0.4, 0.5) is 0 Å². The van der Waals surface area contributed by atoms with Crippen LogP contribution in [0.1, 0.15) is 39.2 Å². The van der Waals surface area contributed by atoms with E-state index in [1.165, 1.54) is 16.7 Å². The van der Waals surface area contributed by atoms with Crippen LogP contribution in [0.15, 0.2) is 48.5 Å². The zero-order chi connectivity index (χ0) is 18.2. The Hall–Kier alpha value is -2.17. The Morgan fingerprint density at radius 1 is 0.846 bits per heavy atom. The van der Waals surface area contributed by atoms with Crippen LogP contribution in [0.3, 0.4) is 0 Å². The van der Waals surface area contributed by atoms with Gasteiger partial charge in [-0.15, -0.1) is 0 Å². The second-order valence-electron chi connectivity index (χ2n) is 6.82. The van der Waals surface area contributed by atoms with E-state index in [2.05, 4.69) is 50.2 Å². The molecule has 4 heteroatoms. The van der Waals surface area contributed by atoms with Crippen molar-refractivity contribution in [2.24, 2.45) is 5.92 Å². The van der Waals surface area contributed by atoms with Crippen molar-refractivity contribution in [3.8, 4) is 16.9 Å². The molecule has 0 aliphatic heterocycles. The van der Waals surface area contributed by atoms with Crippen LogP contribution in [-0.4, -0.2) is 25.6 Å². The zero-order valence-electron chi connectivity index (χ0n) is 16.3. The van der Waals surface area contributed by atoms with Gasteiger partial charge in [-0.1, -0.05) is 64.1 Å². The Bertz CT molecular complexity index is 661. The van der Waals surface area contributed by atoms with E-state index >= 15 is 0 Å². The fourth-order valence-corrected chi connectivity index (χ4v) is 2.36. The third-order valence-electron chi connectivity index (χ3n) is 4.15. The molecule has 0 aliphatic rings. The molecule has 0 amide bonds. The Labute approximate surface area is 157 Å². The average Bonchev–Trinajstić information content (AvgIpc) is 2.61. The molecular weight excluding hydrogens is 326 g/mol. The van der Waals surface area contributed by atoms with Gasteiger partial charge in [-0.05, 0) is 34.7 Å². The molecule has 2 aromatic carbocycles. The molecule has 3 N–H and O–H groups in total. The van der Waals surface area contributed by atoms with E-state index in [1.807, 2.05) is 26.0 Å². The molecule has 0 fully saturated rings. The van der Waals surface area contributed by atoms with Crippen LogP contribution in [0.25, 0.3) is 11.1 Å². The molecule has 0 saturated heterocycles. The largest absolute Gasteiger partial charge is 0.491 e. The summed E-state index contributed by atoms with van der Waals surface area (Å²) in [5.74, 6) is 1.49. The minimum atomic E-state index is 0. The lowest BCUT2D eigenvalue weighted by Crippen LogP contribution is -2.17. The molecule has 0 bridgehead atoms. The van der Waals surface area contributed by atoms with Gasteiger partial charge in [0, 0.05) is 5.92 Å². The summed E-state index contributed by atoms with van der Waals surface area (Å²) < 4.78 is 11.0. The molecule has 0 aliphatic carbocycles. The molecule has 0 unspecified atom stereocenters. The fraction of sp³-hybridized carbons (Fsp3) is 0.409. The highest BCUT2D eigenvalue weighted by Crippen LogP contribution is 2.24. The summed E-state index contributed by atoms with van der Waals surface area (Å²) in [5, 5.41) is 0. The second-order valence-corrected chi connectivity index (χ2v) is 6.82. The normalized spacial score (nSPS) is 10.7. The van der Waals surface area contributed by atoms with Crippen LogP contribution in [0.5, 0.6) is 5.75 Å². The minimum Gasteiger partial charge on any atom is -0.491 e. The molecule has 2 rings (SSSR count). The van der Waals surface area contributed by atoms with Crippen molar-refractivity contribution in [2.45, 2.75) is 33.6 Å². The van der Waals surface area contributed by atoms with E-state index in [0.717, 1.165) is 5.75 Å². The highest BCUT2D eigenvalue weighted by Gasteiger charge is 2.06. The summed E-state index contributed by atoms with van der Waals surface area (Å²) in [5.41, 5.74) is 3.72. The summed E-state index contributed by atoms with van der Waals surface area (Å²) in [7, 11) is 0. The van der Waals surface area contributed by atoms with Crippen LogP contribution in [0, 0.1) is 5.92 Å². The molecule has 0 spiro atoms. The lowest BCUT2D eigenvalue weighted by atomic mass is 9.99. The maximum atomic E-state index is 11.4. The van der Waals surface area contributed by atoms with Gasteiger partial charge in [0.1, 0.15) is 19.0 Å². The van der Waals surface area contributed by atoms with Gasteiger partial charge >= 0.3 is 0 Å². The smallest absolute Gasteiger partial charge is 0.160 e. The number of ketones is 1. The van der Waals surface area contributed by atoms with E-state index in [-0.39, 0.29) is 24.5 Å². The van der Waals surface area contributed by atoms with E-state index in [9.17, 15) is 4.79 Å². The first-order valence-corrected chi connectivity index (χ1v) is 8.91. The third-order valence-corrected chi connectivity index (χ3v) is 4.15. The molecule has 142 valence electrons. The van der Waals surface area contributed by atoms with Crippen molar-refractivity contribution in [1.82, 2.24) is 6.15 Å². The summed E-state index contributed by atoms with van der Waals surface area (Å²) in [6.07, 6.45) is 0. The number of rotatable bonds is 9. The van der Waals surface area contributed by atoms with Gasteiger partial charge in [0.05, 0.1) is 6.61 Å². The molecule has 0 aromatic heterocycles. The molecule has 0 radical (unpaired) electrons. The maximum Gasteiger partial charge on any atom is 0.160 e. The van der Waals surface area contributed by atoms with E-state index in [1.54, 1.807) is 0 Å². The molecule has 26 heavy (non-hydrogen) atoms. The highest BCUT2D eigenvalue weighted by atomic mass is 16.5. The summed E-state index contributed by atoms with van der Waals surface area (Å²) in [4.78, 5) is 11.4. The SMILES string of the molecule is CC(C)C(=O)COCCOc1ccc(-c2ccc(C(C)C)cc2)cc1.N. The molecule has 0 heterocycles. The fourth-order valence-electron chi connectivity index (χ4n) is 2.36. The van der Waals surface area contributed by atoms with Crippen molar-refractivity contribution >= 4 is 5.78 Å². The quantitative estimate of drug-likeness (QED) is 0.621. The molecular formula is C22H31NO3. The Balaban J connectivity index is 0.00000338. The highest BCUT2D eigenvalue weighted by molar-refractivity contribution is 5.81. The number of benzene rings is 2. The van der Waals surface area contributed by atoms with Gasteiger partial charge in [-0.3, -0.25) is 4.79 Å². The van der Waals surface area contributed by atoms with Gasteiger partial charge in [0.2, 0.25) is 0 Å². The van der Waals surface area contributed by atoms with Gasteiger partial charge in [0.15, 0.2) is 5.78 Å². The van der Waals surface area contributed by atoms with E-state index in [0.29, 0.717) is 19.1 Å². The standard InChI is InChI=1S/C22H28O3.H3N/c1-16(2)18-5-7-19(8-6-18)20-9-11-21(12-10-20)25-14-13-24-15-22(23)17(3)4;/h5-12,16-17H,13-15H2,1-4H3;1H3. The topological polar surface area (TPSA) is 70.5 Å². The van der Waals surface area contributed by atoms with Crippen LogP contribution in [0.2, 0.25) is 0 Å². The number of hydrogen-bond donors (Lipinski definition) is 1. The maximum absolute atomic E-state index is 11.4. The van der Waals surface area contributed by atoms with Crippen LogP contribution < -0.4 is 10.9 Å². The summed E-state index contributed by atoms with van der Waals surface area (Å²) in [6.45, 7) is 9.16. The van der Waals surface area contributed by atoms with Gasteiger partial charge < -0.3 is 15.6 Å². The average molecular weight is 357 g/mol. The number of carbonyl (C=O) groups is 1. The zero-order valence-corrected chi connectivity index (χ0v) is 16.3. The van der Waals surface area contributed by atoms with Gasteiger partial charge in [0.25, 0.3) is 0 Å². The van der Waals surface area contributed by atoms with Crippen molar-refractivity contribution < 1.29 is 14.3 Å².